The lowest BCUT2D eigenvalue weighted by Gasteiger charge is -2.27. The average molecular weight is 311 g/mol. The molecular weight excluding hydrogens is 290 g/mol. The lowest BCUT2D eigenvalue weighted by atomic mass is 9.80. The SMILES string of the molecule is C(=C1/c2cc3ccccc3n2C2C3CCC(C3)C12)/c1ccccc1. The molecule has 6 rings (SSSR count). The van der Waals surface area contributed by atoms with Crippen molar-refractivity contribution in [3.63, 3.8) is 0 Å². The van der Waals surface area contributed by atoms with Gasteiger partial charge in [0, 0.05) is 28.6 Å². The van der Waals surface area contributed by atoms with Gasteiger partial charge >= 0.3 is 0 Å². The van der Waals surface area contributed by atoms with Crippen LogP contribution in [0.15, 0.2) is 60.7 Å². The predicted molar refractivity (Wildman–Crippen MR) is 99.6 cm³/mol. The number of nitrogens with zero attached hydrogens (tertiary/aromatic N) is 1. The number of hydrogen-bond acceptors (Lipinski definition) is 0. The lowest BCUT2D eigenvalue weighted by molar-refractivity contribution is 0.301. The van der Waals surface area contributed by atoms with Gasteiger partial charge in [-0.1, -0.05) is 48.5 Å². The van der Waals surface area contributed by atoms with Crippen LogP contribution in [0.1, 0.15) is 36.6 Å². The number of aromatic nitrogens is 1. The second-order valence-corrected chi connectivity index (χ2v) is 7.82. The van der Waals surface area contributed by atoms with Crippen LogP contribution in [-0.4, -0.2) is 4.57 Å². The molecule has 2 fully saturated rings. The quantitative estimate of drug-likeness (QED) is 0.536. The zero-order chi connectivity index (χ0) is 15.7. The number of benzene rings is 2. The van der Waals surface area contributed by atoms with Crippen LogP contribution in [0.25, 0.3) is 22.6 Å². The van der Waals surface area contributed by atoms with Crippen molar-refractivity contribution in [3.05, 3.63) is 71.9 Å². The monoisotopic (exact) mass is 311 g/mol. The van der Waals surface area contributed by atoms with Crippen molar-refractivity contribution >= 4 is 22.6 Å². The fourth-order valence-corrected chi connectivity index (χ4v) is 5.86. The summed E-state index contributed by atoms with van der Waals surface area (Å²) in [4.78, 5) is 0. The Labute approximate surface area is 142 Å². The molecule has 1 nitrogen and oxygen atoms in total. The summed E-state index contributed by atoms with van der Waals surface area (Å²) in [5.41, 5.74) is 5.85. The maximum absolute atomic E-state index is 2.69. The molecule has 0 amide bonds. The van der Waals surface area contributed by atoms with E-state index in [1.807, 2.05) is 0 Å². The molecule has 24 heavy (non-hydrogen) atoms. The van der Waals surface area contributed by atoms with Gasteiger partial charge in [-0.05, 0) is 60.4 Å². The molecule has 3 aliphatic rings. The zero-order valence-electron chi connectivity index (χ0n) is 13.7. The first-order valence-corrected chi connectivity index (χ1v) is 9.27. The number of allylic oxidation sites excluding steroid dienone is 1. The second-order valence-electron chi connectivity index (χ2n) is 7.82. The molecule has 4 atom stereocenters. The van der Waals surface area contributed by atoms with Crippen molar-refractivity contribution in [2.75, 3.05) is 0 Å². The van der Waals surface area contributed by atoms with Crippen molar-refractivity contribution in [1.82, 2.24) is 4.57 Å². The third-order valence-electron chi connectivity index (χ3n) is 6.70. The van der Waals surface area contributed by atoms with Gasteiger partial charge in [0.05, 0.1) is 0 Å². The molecule has 2 aliphatic carbocycles. The van der Waals surface area contributed by atoms with Gasteiger partial charge in [-0.3, -0.25) is 0 Å². The Balaban J connectivity index is 1.62. The molecule has 3 aromatic rings. The Hall–Kier alpha value is -2.28. The molecular formula is C23H21N. The molecule has 4 unspecified atom stereocenters. The molecule has 2 bridgehead atoms. The fourth-order valence-electron chi connectivity index (χ4n) is 5.86. The first kappa shape index (κ1) is 13.1. The molecule has 2 aromatic carbocycles. The highest BCUT2D eigenvalue weighted by molar-refractivity contribution is 5.93. The molecule has 1 aromatic heterocycles. The van der Waals surface area contributed by atoms with Crippen molar-refractivity contribution in [2.45, 2.75) is 25.3 Å². The minimum atomic E-state index is 0.702. The number of para-hydroxylation sites is 1. The van der Waals surface area contributed by atoms with Gasteiger partial charge in [0.15, 0.2) is 0 Å². The smallest absolute Gasteiger partial charge is 0.0488 e. The van der Waals surface area contributed by atoms with Crippen LogP contribution in [0.2, 0.25) is 0 Å². The summed E-state index contributed by atoms with van der Waals surface area (Å²) in [5.74, 6) is 2.52. The highest BCUT2D eigenvalue weighted by Gasteiger charge is 2.54. The molecule has 0 radical (unpaired) electrons. The van der Waals surface area contributed by atoms with E-state index in [4.69, 9.17) is 0 Å². The zero-order valence-corrected chi connectivity index (χ0v) is 13.7. The van der Waals surface area contributed by atoms with E-state index >= 15 is 0 Å². The van der Waals surface area contributed by atoms with E-state index in [9.17, 15) is 0 Å². The minimum absolute atomic E-state index is 0.702. The summed E-state index contributed by atoms with van der Waals surface area (Å²) in [5, 5.41) is 1.40. The van der Waals surface area contributed by atoms with Gasteiger partial charge in [-0.15, -0.1) is 0 Å². The van der Waals surface area contributed by atoms with Crippen molar-refractivity contribution < 1.29 is 0 Å². The summed E-state index contributed by atoms with van der Waals surface area (Å²) in [6.07, 6.45) is 6.76. The highest BCUT2D eigenvalue weighted by Crippen LogP contribution is 2.63. The summed E-state index contributed by atoms with van der Waals surface area (Å²) in [7, 11) is 0. The van der Waals surface area contributed by atoms with Crippen molar-refractivity contribution in [2.24, 2.45) is 17.8 Å². The number of hydrogen-bond donors (Lipinski definition) is 0. The van der Waals surface area contributed by atoms with Crippen LogP contribution in [0, 0.1) is 17.8 Å². The largest absolute Gasteiger partial charge is 0.337 e. The van der Waals surface area contributed by atoms with E-state index in [1.54, 1.807) is 5.57 Å². The molecule has 2 saturated carbocycles. The van der Waals surface area contributed by atoms with Gasteiger partial charge in [-0.25, -0.2) is 0 Å². The molecule has 0 saturated heterocycles. The third-order valence-corrected chi connectivity index (χ3v) is 6.70. The van der Waals surface area contributed by atoms with Crippen molar-refractivity contribution in [1.29, 1.82) is 0 Å². The maximum Gasteiger partial charge on any atom is 0.0488 e. The first-order chi connectivity index (χ1) is 11.9. The molecule has 118 valence electrons. The van der Waals surface area contributed by atoms with Crippen LogP contribution in [-0.2, 0) is 0 Å². The first-order valence-electron chi connectivity index (χ1n) is 9.27. The summed E-state index contributed by atoms with van der Waals surface area (Å²) < 4.78 is 2.69. The molecule has 2 heterocycles. The Bertz CT molecular complexity index is 962. The van der Waals surface area contributed by atoms with Gasteiger partial charge < -0.3 is 4.57 Å². The van der Waals surface area contributed by atoms with E-state index in [2.05, 4.69) is 71.3 Å². The van der Waals surface area contributed by atoms with Crippen LogP contribution < -0.4 is 0 Å². The Morgan fingerprint density at radius 3 is 2.58 bits per heavy atom. The maximum atomic E-state index is 2.69. The highest BCUT2D eigenvalue weighted by atomic mass is 15.1. The van der Waals surface area contributed by atoms with Crippen LogP contribution in [0.4, 0.5) is 0 Å². The third kappa shape index (κ3) is 1.60. The van der Waals surface area contributed by atoms with Gasteiger partial charge in [-0.2, -0.15) is 0 Å². The van der Waals surface area contributed by atoms with Gasteiger partial charge in [0.1, 0.15) is 0 Å². The average Bonchev–Trinajstić information content (AvgIpc) is 3.35. The van der Waals surface area contributed by atoms with Crippen molar-refractivity contribution in [3.8, 4) is 0 Å². The van der Waals surface area contributed by atoms with E-state index in [0.29, 0.717) is 6.04 Å². The number of rotatable bonds is 1. The molecule has 0 spiro atoms. The van der Waals surface area contributed by atoms with Gasteiger partial charge in [0.25, 0.3) is 0 Å². The second kappa shape index (κ2) is 4.63. The molecule has 1 aliphatic heterocycles. The summed E-state index contributed by atoms with van der Waals surface area (Å²) >= 11 is 0. The van der Waals surface area contributed by atoms with E-state index < -0.39 is 0 Å². The van der Waals surface area contributed by atoms with E-state index in [0.717, 1.165) is 17.8 Å². The molecule has 0 N–H and O–H groups in total. The lowest BCUT2D eigenvalue weighted by Crippen LogP contribution is -2.19. The molecule has 1 heteroatoms. The Morgan fingerprint density at radius 2 is 1.67 bits per heavy atom. The Kier molecular flexibility index (Phi) is 2.52. The topological polar surface area (TPSA) is 4.93 Å². The van der Waals surface area contributed by atoms with Gasteiger partial charge in [0.2, 0.25) is 0 Å². The minimum Gasteiger partial charge on any atom is -0.337 e. The van der Waals surface area contributed by atoms with E-state index in [-0.39, 0.29) is 0 Å². The Morgan fingerprint density at radius 1 is 0.875 bits per heavy atom. The number of fused-ring (bicyclic) bond motifs is 9. The van der Waals surface area contributed by atoms with E-state index in [1.165, 1.54) is 41.4 Å². The standard InChI is InChI=1S/C23H21N/c1-2-6-15(7-3-1)12-19-21-14-16-8-4-5-9-20(16)24(21)23-18-11-10-17(13-18)22(19)23/h1-9,12,14,17-18,22-23H,10-11,13H2/b19-12+. The summed E-state index contributed by atoms with van der Waals surface area (Å²) in [6.45, 7) is 0. The normalized spacial score (nSPS) is 31.8. The van der Waals surface area contributed by atoms with Crippen LogP contribution >= 0.6 is 0 Å². The predicted octanol–water partition coefficient (Wildman–Crippen LogP) is 5.78. The van der Waals surface area contributed by atoms with Crippen LogP contribution in [0.5, 0.6) is 0 Å². The van der Waals surface area contributed by atoms with Crippen LogP contribution in [0.3, 0.4) is 0 Å². The fraction of sp³-hybridized carbons (Fsp3) is 0.304. The summed E-state index contributed by atoms with van der Waals surface area (Å²) in [6, 6.07) is 22.9.